The molecule has 210 valence electrons. The van der Waals surface area contributed by atoms with Gasteiger partial charge in [0.1, 0.15) is 17.6 Å². The van der Waals surface area contributed by atoms with Crippen molar-refractivity contribution in [2.24, 2.45) is 0 Å². The van der Waals surface area contributed by atoms with Crippen LogP contribution in [-0.4, -0.2) is 40.5 Å². The Morgan fingerprint density at radius 2 is 1.76 bits per heavy atom. The Morgan fingerprint density at radius 3 is 2.55 bits per heavy atom. The monoisotopic (exact) mass is 576 g/mol. The molecule has 3 aromatic carbocycles. The molecule has 6 rings (SSSR count). The summed E-state index contributed by atoms with van der Waals surface area (Å²) in [4.78, 5) is 31.5. The summed E-state index contributed by atoms with van der Waals surface area (Å²) in [5, 5.41) is 9.03. The first-order valence-electron chi connectivity index (χ1n) is 13.6. The van der Waals surface area contributed by atoms with Gasteiger partial charge in [0, 0.05) is 35.8 Å². The van der Waals surface area contributed by atoms with E-state index < -0.39 is 5.97 Å². The van der Waals surface area contributed by atoms with E-state index in [9.17, 15) is 9.59 Å². The Kier molecular flexibility index (Phi) is 7.66. The molecule has 8 nitrogen and oxygen atoms in total. The third-order valence-corrected chi connectivity index (χ3v) is 7.70. The fourth-order valence-electron chi connectivity index (χ4n) is 5.28. The molecule has 1 aliphatic heterocycles. The van der Waals surface area contributed by atoms with E-state index in [1.165, 1.54) is 7.11 Å². The third-order valence-electron chi connectivity index (χ3n) is 7.35. The van der Waals surface area contributed by atoms with Crippen LogP contribution in [0.3, 0.4) is 0 Å². The van der Waals surface area contributed by atoms with Gasteiger partial charge in [-0.3, -0.25) is 9.78 Å². The summed E-state index contributed by atoms with van der Waals surface area (Å²) in [6.45, 7) is 0.375. The minimum Gasteiger partial charge on any atom is -0.465 e. The normalized spacial score (nSPS) is 16.3. The van der Waals surface area contributed by atoms with Gasteiger partial charge in [0.25, 0.3) is 0 Å². The Balaban J connectivity index is 1.24. The van der Waals surface area contributed by atoms with Crippen molar-refractivity contribution in [2.75, 3.05) is 19.0 Å². The van der Waals surface area contributed by atoms with E-state index in [1.54, 1.807) is 18.3 Å². The molecule has 0 unspecified atom stereocenters. The van der Waals surface area contributed by atoms with E-state index in [0.717, 1.165) is 27.7 Å². The van der Waals surface area contributed by atoms with Crippen LogP contribution in [0.2, 0.25) is 0 Å². The molecule has 42 heavy (non-hydrogen) atoms. The molecule has 1 aliphatic rings. The van der Waals surface area contributed by atoms with Crippen molar-refractivity contribution in [3.8, 4) is 11.3 Å². The summed E-state index contributed by atoms with van der Waals surface area (Å²) in [6.07, 6.45) is 1.97. The van der Waals surface area contributed by atoms with Gasteiger partial charge in [0.15, 0.2) is 5.11 Å². The van der Waals surface area contributed by atoms with Gasteiger partial charge in [-0.2, -0.15) is 0 Å². The molecule has 3 heterocycles. The van der Waals surface area contributed by atoms with Crippen molar-refractivity contribution in [1.82, 2.24) is 15.2 Å². The number of benzene rings is 3. The number of thiocarbonyl (C=S) groups is 1. The van der Waals surface area contributed by atoms with E-state index in [0.29, 0.717) is 28.7 Å². The Morgan fingerprint density at radius 1 is 0.976 bits per heavy atom. The van der Waals surface area contributed by atoms with Crippen molar-refractivity contribution in [3.63, 3.8) is 0 Å². The predicted octanol–water partition coefficient (Wildman–Crippen LogP) is 6.28. The fraction of sp³-hybridized carbons (Fsp3) is 0.152. The van der Waals surface area contributed by atoms with Gasteiger partial charge >= 0.3 is 5.97 Å². The summed E-state index contributed by atoms with van der Waals surface area (Å²) in [5.41, 5.74) is 2.87. The second-order valence-electron chi connectivity index (χ2n) is 9.92. The number of anilines is 1. The number of hydrogen-bond donors (Lipinski definition) is 2. The van der Waals surface area contributed by atoms with Crippen LogP contribution in [0.4, 0.5) is 5.69 Å². The Labute approximate surface area is 248 Å². The van der Waals surface area contributed by atoms with E-state index in [2.05, 4.69) is 15.6 Å². The molecule has 2 N–H and O–H groups in total. The number of amides is 1. The highest BCUT2D eigenvalue weighted by molar-refractivity contribution is 7.80. The molecule has 2 atom stereocenters. The molecule has 1 amide bonds. The minimum atomic E-state index is -0.398. The lowest BCUT2D eigenvalue weighted by Crippen LogP contribution is -2.32. The maximum Gasteiger partial charge on any atom is 0.337 e. The zero-order chi connectivity index (χ0) is 29.1. The van der Waals surface area contributed by atoms with Crippen molar-refractivity contribution >= 4 is 45.7 Å². The van der Waals surface area contributed by atoms with Crippen molar-refractivity contribution in [2.45, 2.75) is 18.5 Å². The molecule has 0 saturated carbocycles. The lowest BCUT2D eigenvalue weighted by Gasteiger charge is -2.26. The van der Waals surface area contributed by atoms with E-state index in [4.69, 9.17) is 21.4 Å². The second kappa shape index (κ2) is 11.8. The first-order chi connectivity index (χ1) is 20.5. The van der Waals surface area contributed by atoms with Gasteiger partial charge in [0.05, 0.1) is 24.4 Å². The Hall–Kier alpha value is -5.02. The summed E-state index contributed by atoms with van der Waals surface area (Å²) in [5.74, 6) is 0.817. The molecule has 2 aromatic heterocycles. The topological polar surface area (TPSA) is 96.7 Å². The van der Waals surface area contributed by atoms with Crippen LogP contribution in [-0.2, 0) is 9.53 Å². The number of esters is 1. The van der Waals surface area contributed by atoms with Crippen LogP contribution in [0.15, 0.2) is 108 Å². The molecule has 0 bridgehead atoms. The van der Waals surface area contributed by atoms with E-state index in [-0.39, 0.29) is 24.4 Å². The van der Waals surface area contributed by atoms with Crippen LogP contribution >= 0.6 is 12.2 Å². The maximum absolute atomic E-state index is 13.1. The number of hydrogen-bond acceptors (Lipinski definition) is 6. The van der Waals surface area contributed by atoms with Gasteiger partial charge in [-0.15, -0.1) is 0 Å². The number of carbonyl (C=O) groups excluding carboxylic acids is 2. The van der Waals surface area contributed by atoms with Crippen LogP contribution in [0, 0.1) is 0 Å². The maximum atomic E-state index is 13.1. The minimum absolute atomic E-state index is 0.111. The van der Waals surface area contributed by atoms with Crippen LogP contribution in [0.25, 0.3) is 22.1 Å². The Bertz CT molecular complexity index is 1750. The molecular weight excluding hydrogens is 548 g/mol. The largest absolute Gasteiger partial charge is 0.465 e. The smallest absolute Gasteiger partial charge is 0.337 e. The zero-order valence-electron chi connectivity index (χ0n) is 22.8. The number of aromatic nitrogens is 1. The number of ether oxygens (including phenoxy) is 1. The highest BCUT2D eigenvalue weighted by Gasteiger charge is 2.41. The first-order valence-corrected chi connectivity index (χ1v) is 14.0. The first kappa shape index (κ1) is 27.2. The molecular formula is C33H28N4O4S. The highest BCUT2D eigenvalue weighted by atomic mass is 32.1. The average molecular weight is 577 g/mol. The lowest BCUT2D eigenvalue weighted by atomic mass is 10.0. The zero-order valence-corrected chi connectivity index (χ0v) is 23.6. The van der Waals surface area contributed by atoms with Crippen molar-refractivity contribution < 1.29 is 18.7 Å². The molecule has 1 fully saturated rings. The quantitative estimate of drug-likeness (QED) is 0.165. The van der Waals surface area contributed by atoms with Gasteiger partial charge in [-0.25, -0.2) is 4.79 Å². The van der Waals surface area contributed by atoms with Crippen molar-refractivity contribution in [1.29, 1.82) is 0 Å². The predicted molar refractivity (Wildman–Crippen MR) is 165 cm³/mol. The van der Waals surface area contributed by atoms with Gasteiger partial charge in [0.2, 0.25) is 5.91 Å². The number of pyridine rings is 1. The van der Waals surface area contributed by atoms with Crippen LogP contribution in [0.1, 0.15) is 40.3 Å². The SMILES string of the molecule is COC(=O)c1ccc(-c2ccc([C@H]3[C@H](c4ccccn4)NC(=S)N3CCC(=O)Nc3cccc4ccccc34)o2)cc1. The summed E-state index contributed by atoms with van der Waals surface area (Å²) < 4.78 is 11.2. The third kappa shape index (κ3) is 5.46. The molecule has 0 aliphatic carbocycles. The van der Waals surface area contributed by atoms with Gasteiger partial charge in [-0.1, -0.05) is 54.6 Å². The van der Waals surface area contributed by atoms with Gasteiger partial charge in [-0.05, 0) is 60.1 Å². The number of fused-ring (bicyclic) bond motifs is 1. The standard InChI is InChI=1S/C33H28N4O4S/c1-40-32(39)23-14-12-22(13-15-23)27-16-17-28(41-27)31-30(26-10-4-5-19-34-26)36-33(42)37(31)20-18-29(38)35-25-11-6-8-21-7-2-3-9-24(21)25/h2-17,19,30-31H,18,20H2,1H3,(H,35,38)(H,36,42)/t30-,31-/m0/s1. The molecule has 0 spiro atoms. The fourth-order valence-corrected chi connectivity index (χ4v) is 5.61. The highest BCUT2D eigenvalue weighted by Crippen LogP contribution is 2.40. The van der Waals surface area contributed by atoms with E-state index in [1.807, 2.05) is 89.8 Å². The molecule has 9 heteroatoms. The average Bonchev–Trinajstić information content (AvgIpc) is 3.65. The summed E-state index contributed by atoms with van der Waals surface area (Å²) in [6, 6.07) is 29.8. The van der Waals surface area contributed by atoms with E-state index >= 15 is 0 Å². The second-order valence-corrected chi connectivity index (χ2v) is 10.3. The summed E-state index contributed by atoms with van der Waals surface area (Å²) >= 11 is 5.76. The van der Waals surface area contributed by atoms with Crippen LogP contribution < -0.4 is 10.6 Å². The van der Waals surface area contributed by atoms with Crippen molar-refractivity contribution in [3.05, 3.63) is 120 Å². The number of rotatable bonds is 8. The number of methoxy groups -OCH3 is 1. The molecule has 5 aromatic rings. The lowest BCUT2D eigenvalue weighted by molar-refractivity contribution is -0.116. The number of nitrogens with zero attached hydrogens (tertiary/aromatic N) is 2. The number of furan rings is 1. The summed E-state index contributed by atoms with van der Waals surface area (Å²) in [7, 11) is 1.35. The van der Waals surface area contributed by atoms with Gasteiger partial charge < -0.3 is 24.7 Å². The number of carbonyl (C=O) groups is 2. The molecule has 1 saturated heterocycles. The number of nitrogens with one attached hydrogen (secondary N) is 2. The molecule has 0 radical (unpaired) electrons. The van der Waals surface area contributed by atoms with Crippen LogP contribution in [0.5, 0.6) is 0 Å².